The molecule has 1 unspecified atom stereocenters. The minimum atomic E-state index is -0.0831. The van der Waals surface area contributed by atoms with Gasteiger partial charge in [0.05, 0.1) is 0 Å². The Kier molecular flexibility index (Phi) is 3.12. The standard InChI is InChI=1S/C14H19BrN2O/c1-17-6-2-5-14(9-17)8-12(16)11-4-3-10(15)7-13(11)18-14/h3-4,7,12H,2,5-6,8-9,16H2,1H3/t12-,14?/m1/s1. The van der Waals surface area contributed by atoms with Crippen LogP contribution in [0.1, 0.15) is 30.9 Å². The number of likely N-dealkylation sites (N-methyl/N-ethyl adjacent to an activating group) is 1. The highest BCUT2D eigenvalue weighted by atomic mass is 79.9. The van der Waals surface area contributed by atoms with Crippen LogP contribution < -0.4 is 10.5 Å². The van der Waals surface area contributed by atoms with Gasteiger partial charge in [-0.15, -0.1) is 0 Å². The molecule has 2 aliphatic rings. The van der Waals surface area contributed by atoms with Gasteiger partial charge in [-0.05, 0) is 38.6 Å². The van der Waals surface area contributed by atoms with E-state index in [0.717, 1.165) is 41.7 Å². The normalized spacial score (nSPS) is 32.1. The van der Waals surface area contributed by atoms with Crippen molar-refractivity contribution in [2.75, 3.05) is 20.1 Å². The molecule has 0 aromatic heterocycles. The molecule has 0 radical (unpaired) electrons. The summed E-state index contributed by atoms with van der Waals surface area (Å²) in [5.74, 6) is 0.957. The third kappa shape index (κ3) is 2.17. The number of nitrogens with zero attached hydrogens (tertiary/aromatic N) is 1. The molecule has 1 aromatic rings. The van der Waals surface area contributed by atoms with Crippen LogP contribution in [-0.2, 0) is 0 Å². The Morgan fingerprint density at radius 1 is 1.50 bits per heavy atom. The largest absolute Gasteiger partial charge is 0.485 e. The van der Waals surface area contributed by atoms with Crippen molar-refractivity contribution in [3.05, 3.63) is 28.2 Å². The summed E-state index contributed by atoms with van der Waals surface area (Å²) in [6.07, 6.45) is 3.22. The minimum Gasteiger partial charge on any atom is -0.485 e. The Labute approximate surface area is 116 Å². The fourth-order valence-corrected chi connectivity index (χ4v) is 3.60. The number of hydrogen-bond donors (Lipinski definition) is 1. The van der Waals surface area contributed by atoms with Crippen molar-refractivity contribution >= 4 is 15.9 Å². The molecule has 0 saturated carbocycles. The lowest BCUT2D eigenvalue weighted by atomic mass is 9.82. The maximum absolute atomic E-state index is 6.33. The molecular weight excluding hydrogens is 292 g/mol. The van der Waals surface area contributed by atoms with Gasteiger partial charge >= 0.3 is 0 Å². The summed E-state index contributed by atoms with van der Waals surface area (Å²) in [4.78, 5) is 2.35. The van der Waals surface area contributed by atoms with Gasteiger partial charge in [0, 0.05) is 29.0 Å². The second-order valence-corrected chi connectivity index (χ2v) is 6.53. The molecule has 1 spiro atoms. The fraction of sp³-hybridized carbons (Fsp3) is 0.571. The molecule has 0 amide bonds. The zero-order chi connectivity index (χ0) is 12.8. The number of fused-ring (bicyclic) bond motifs is 1. The Morgan fingerprint density at radius 3 is 3.11 bits per heavy atom. The van der Waals surface area contributed by atoms with Gasteiger partial charge in [0.1, 0.15) is 11.4 Å². The van der Waals surface area contributed by atoms with E-state index in [1.54, 1.807) is 0 Å². The molecule has 0 bridgehead atoms. The monoisotopic (exact) mass is 310 g/mol. The van der Waals surface area contributed by atoms with E-state index in [1.165, 1.54) is 6.42 Å². The smallest absolute Gasteiger partial charge is 0.126 e. The van der Waals surface area contributed by atoms with Crippen molar-refractivity contribution in [2.24, 2.45) is 5.73 Å². The van der Waals surface area contributed by atoms with Crippen molar-refractivity contribution in [3.63, 3.8) is 0 Å². The third-order valence-electron chi connectivity index (χ3n) is 4.02. The average Bonchev–Trinajstić information content (AvgIpc) is 2.27. The molecule has 18 heavy (non-hydrogen) atoms. The molecule has 1 saturated heterocycles. The molecule has 1 fully saturated rings. The first-order chi connectivity index (χ1) is 8.58. The summed E-state index contributed by atoms with van der Waals surface area (Å²) in [6, 6.07) is 6.25. The zero-order valence-corrected chi connectivity index (χ0v) is 12.2. The van der Waals surface area contributed by atoms with Crippen LogP contribution in [-0.4, -0.2) is 30.6 Å². The molecule has 98 valence electrons. The van der Waals surface area contributed by atoms with Crippen molar-refractivity contribution in [3.8, 4) is 5.75 Å². The van der Waals surface area contributed by atoms with Crippen molar-refractivity contribution in [1.29, 1.82) is 0 Å². The summed E-state index contributed by atoms with van der Waals surface area (Å²) < 4.78 is 7.38. The first-order valence-electron chi connectivity index (χ1n) is 6.51. The van der Waals surface area contributed by atoms with E-state index < -0.39 is 0 Å². The van der Waals surface area contributed by atoms with Crippen LogP contribution in [0.5, 0.6) is 5.75 Å². The number of benzene rings is 1. The average molecular weight is 311 g/mol. The zero-order valence-electron chi connectivity index (χ0n) is 10.7. The van der Waals surface area contributed by atoms with Crippen LogP contribution in [0.4, 0.5) is 0 Å². The van der Waals surface area contributed by atoms with Gasteiger partial charge in [-0.3, -0.25) is 0 Å². The van der Waals surface area contributed by atoms with E-state index in [4.69, 9.17) is 10.5 Å². The van der Waals surface area contributed by atoms with Gasteiger partial charge in [0.15, 0.2) is 0 Å². The molecule has 2 aliphatic heterocycles. The Bertz CT molecular complexity index is 465. The van der Waals surface area contributed by atoms with Crippen molar-refractivity contribution in [1.82, 2.24) is 4.90 Å². The lowest BCUT2D eigenvalue weighted by molar-refractivity contribution is -0.0234. The second kappa shape index (κ2) is 4.51. The number of hydrogen-bond acceptors (Lipinski definition) is 3. The summed E-state index contributed by atoms with van der Waals surface area (Å²) >= 11 is 3.50. The number of ether oxygens (including phenoxy) is 1. The van der Waals surface area contributed by atoms with Crippen LogP contribution in [0.2, 0.25) is 0 Å². The van der Waals surface area contributed by atoms with Crippen molar-refractivity contribution in [2.45, 2.75) is 30.9 Å². The molecule has 2 heterocycles. The number of nitrogens with two attached hydrogens (primary N) is 1. The molecule has 3 rings (SSSR count). The molecule has 4 heteroatoms. The van der Waals surface area contributed by atoms with Gasteiger partial charge in [-0.25, -0.2) is 0 Å². The Hall–Kier alpha value is -0.580. The first kappa shape index (κ1) is 12.5. The number of halogens is 1. The highest BCUT2D eigenvalue weighted by Gasteiger charge is 2.42. The third-order valence-corrected chi connectivity index (χ3v) is 4.52. The number of likely N-dealkylation sites (tertiary alicyclic amines) is 1. The van der Waals surface area contributed by atoms with Gasteiger partial charge in [0.2, 0.25) is 0 Å². The molecule has 1 aromatic carbocycles. The summed E-state index contributed by atoms with van der Waals surface area (Å²) in [6.45, 7) is 2.14. The molecule has 2 N–H and O–H groups in total. The maximum atomic E-state index is 6.33. The van der Waals surface area contributed by atoms with Crippen LogP contribution in [0.15, 0.2) is 22.7 Å². The fourth-order valence-electron chi connectivity index (χ4n) is 3.26. The molecule has 0 aliphatic carbocycles. The van der Waals surface area contributed by atoms with E-state index in [1.807, 2.05) is 12.1 Å². The predicted octanol–water partition coefficient (Wildman–Crippen LogP) is 2.70. The van der Waals surface area contributed by atoms with E-state index in [9.17, 15) is 0 Å². The highest BCUT2D eigenvalue weighted by molar-refractivity contribution is 9.10. The first-order valence-corrected chi connectivity index (χ1v) is 7.30. The molecular formula is C14H19BrN2O. The quantitative estimate of drug-likeness (QED) is 0.800. The maximum Gasteiger partial charge on any atom is 0.126 e. The van der Waals surface area contributed by atoms with Gasteiger partial charge in [-0.2, -0.15) is 0 Å². The van der Waals surface area contributed by atoms with Crippen LogP contribution >= 0.6 is 15.9 Å². The summed E-state index contributed by atoms with van der Waals surface area (Å²) in [5, 5.41) is 0. The Morgan fingerprint density at radius 2 is 2.33 bits per heavy atom. The molecule has 2 atom stereocenters. The lowest BCUT2D eigenvalue weighted by Gasteiger charge is -2.46. The highest BCUT2D eigenvalue weighted by Crippen LogP contribution is 2.43. The molecule has 3 nitrogen and oxygen atoms in total. The lowest BCUT2D eigenvalue weighted by Crippen LogP contribution is -2.53. The second-order valence-electron chi connectivity index (χ2n) is 5.62. The van der Waals surface area contributed by atoms with Gasteiger partial charge in [0.25, 0.3) is 0 Å². The summed E-state index contributed by atoms with van der Waals surface area (Å²) in [7, 11) is 2.16. The van der Waals surface area contributed by atoms with Crippen LogP contribution in [0.25, 0.3) is 0 Å². The van der Waals surface area contributed by atoms with E-state index in [2.05, 4.69) is 33.9 Å². The summed E-state index contributed by atoms with van der Waals surface area (Å²) in [5.41, 5.74) is 7.39. The van der Waals surface area contributed by atoms with Gasteiger partial charge in [-0.1, -0.05) is 22.0 Å². The topological polar surface area (TPSA) is 38.5 Å². The van der Waals surface area contributed by atoms with E-state index in [0.29, 0.717) is 0 Å². The predicted molar refractivity (Wildman–Crippen MR) is 75.8 cm³/mol. The van der Waals surface area contributed by atoms with Crippen molar-refractivity contribution < 1.29 is 4.74 Å². The number of piperidine rings is 1. The van der Waals surface area contributed by atoms with E-state index in [-0.39, 0.29) is 11.6 Å². The van der Waals surface area contributed by atoms with Crippen LogP contribution in [0.3, 0.4) is 0 Å². The van der Waals surface area contributed by atoms with E-state index >= 15 is 0 Å². The van der Waals surface area contributed by atoms with Gasteiger partial charge < -0.3 is 15.4 Å². The number of rotatable bonds is 0. The Balaban J connectivity index is 1.94. The minimum absolute atomic E-state index is 0.0831. The SMILES string of the molecule is CN1CCCC2(C[C@@H](N)c3ccc(Br)cc3O2)C1. The van der Waals surface area contributed by atoms with Crippen LogP contribution in [0, 0.1) is 0 Å².